The van der Waals surface area contributed by atoms with Crippen molar-refractivity contribution in [2.45, 2.75) is 18.6 Å². The summed E-state index contributed by atoms with van der Waals surface area (Å²) in [7, 11) is 0. The van der Waals surface area contributed by atoms with Crippen LogP contribution in [0.15, 0.2) is 60.7 Å². The maximum Gasteiger partial charge on any atom is 0.0817 e. The summed E-state index contributed by atoms with van der Waals surface area (Å²) in [4.78, 5) is 2.37. The SMILES string of the molecule is OC[C@@H](O)C1CN(Cc2ccccc2)C[C@@H]1c1ccccc1. The molecule has 3 atom stereocenters. The second-order valence-corrected chi connectivity index (χ2v) is 6.11. The highest BCUT2D eigenvalue weighted by Crippen LogP contribution is 2.35. The van der Waals surface area contributed by atoms with Crippen LogP contribution in [0.25, 0.3) is 0 Å². The second-order valence-electron chi connectivity index (χ2n) is 6.11. The number of aliphatic hydroxyl groups excluding tert-OH is 2. The molecule has 1 fully saturated rings. The van der Waals surface area contributed by atoms with E-state index in [1.165, 1.54) is 11.1 Å². The van der Waals surface area contributed by atoms with Gasteiger partial charge in [0, 0.05) is 31.5 Å². The van der Waals surface area contributed by atoms with Crippen molar-refractivity contribution in [3.8, 4) is 0 Å². The molecular formula is C19H23NO2. The minimum Gasteiger partial charge on any atom is -0.394 e. The molecule has 2 N–H and O–H groups in total. The molecule has 0 saturated carbocycles. The molecule has 22 heavy (non-hydrogen) atoms. The molecule has 0 radical (unpaired) electrons. The lowest BCUT2D eigenvalue weighted by Crippen LogP contribution is -2.30. The van der Waals surface area contributed by atoms with Crippen LogP contribution in [0.5, 0.6) is 0 Å². The largest absolute Gasteiger partial charge is 0.394 e. The zero-order valence-electron chi connectivity index (χ0n) is 12.7. The van der Waals surface area contributed by atoms with Gasteiger partial charge in [-0.05, 0) is 11.1 Å². The fraction of sp³-hybridized carbons (Fsp3) is 0.368. The molecule has 1 saturated heterocycles. The summed E-state index contributed by atoms with van der Waals surface area (Å²) in [5, 5.41) is 19.6. The van der Waals surface area contributed by atoms with Crippen LogP contribution < -0.4 is 0 Å². The van der Waals surface area contributed by atoms with Crippen LogP contribution in [0, 0.1) is 5.92 Å². The Morgan fingerprint density at radius 3 is 2.23 bits per heavy atom. The van der Waals surface area contributed by atoms with E-state index in [1.54, 1.807) is 0 Å². The number of rotatable bonds is 5. The van der Waals surface area contributed by atoms with Gasteiger partial charge in [-0.2, -0.15) is 0 Å². The van der Waals surface area contributed by atoms with E-state index in [1.807, 2.05) is 24.3 Å². The van der Waals surface area contributed by atoms with Crippen molar-refractivity contribution in [3.63, 3.8) is 0 Å². The smallest absolute Gasteiger partial charge is 0.0817 e. The summed E-state index contributed by atoms with van der Waals surface area (Å²) < 4.78 is 0. The lowest BCUT2D eigenvalue weighted by molar-refractivity contribution is 0.0446. The Labute approximate surface area is 131 Å². The lowest BCUT2D eigenvalue weighted by Gasteiger charge is -2.22. The minimum atomic E-state index is -0.661. The fourth-order valence-electron chi connectivity index (χ4n) is 3.46. The van der Waals surface area contributed by atoms with Gasteiger partial charge in [0.2, 0.25) is 0 Å². The number of nitrogens with zero attached hydrogens (tertiary/aromatic N) is 1. The summed E-state index contributed by atoms with van der Waals surface area (Å²) in [6.07, 6.45) is -0.661. The quantitative estimate of drug-likeness (QED) is 0.889. The van der Waals surface area contributed by atoms with Crippen LogP contribution in [0.2, 0.25) is 0 Å². The third-order valence-electron chi connectivity index (χ3n) is 4.60. The first-order valence-corrected chi connectivity index (χ1v) is 7.88. The van der Waals surface area contributed by atoms with Crippen molar-refractivity contribution >= 4 is 0 Å². The van der Waals surface area contributed by atoms with E-state index in [0.29, 0.717) is 0 Å². The molecule has 3 heteroatoms. The van der Waals surface area contributed by atoms with E-state index in [9.17, 15) is 10.2 Å². The standard InChI is InChI=1S/C19H23NO2/c21-14-19(22)18-13-20(11-15-7-3-1-4-8-15)12-17(18)16-9-5-2-6-10-16/h1-10,17-19,21-22H,11-14H2/t17-,18?,19-/m1/s1. The number of likely N-dealkylation sites (tertiary alicyclic amines) is 1. The Morgan fingerprint density at radius 2 is 1.59 bits per heavy atom. The molecule has 1 unspecified atom stereocenters. The molecule has 0 bridgehead atoms. The van der Waals surface area contributed by atoms with Gasteiger partial charge in [0.05, 0.1) is 12.7 Å². The van der Waals surface area contributed by atoms with E-state index >= 15 is 0 Å². The topological polar surface area (TPSA) is 43.7 Å². The predicted molar refractivity (Wildman–Crippen MR) is 87.5 cm³/mol. The molecule has 1 heterocycles. The maximum absolute atomic E-state index is 10.2. The van der Waals surface area contributed by atoms with Crippen LogP contribution in [0.3, 0.4) is 0 Å². The highest BCUT2D eigenvalue weighted by molar-refractivity contribution is 5.23. The summed E-state index contributed by atoms with van der Waals surface area (Å²) in [5.74, 6) is 0.350. The van der Waals surface area contributed by atoms with Crippen LogP contribution >= 0.6 is 0 Å². The monoisotopic (exact) mass is 297 g/mol. The number of hydrogen-bond donors (Lipinski definition) is 2. The molecule has 0 aliphatic carbocycles. The van der Waals surface area contributed by atoms with E-state index < -0.39 is 6.10 Å². The Kier molecular flexibility index (Phi) is 4.88. The van der Waals surface area contributed by atoms with Crippen LogP contribution in [-0.4, -0.2) is 40.9 Å². The number of aliphatic hydroxyl groups is 2. The summed E-state index contributed by atoms with van der Waals surface area (Å²) >= 11 is 0. The van der Waals surface area contributed by atoms with Gasteiger partial charge in [-0.15, -0.1) is 0 Å². The summed E-state index contributed by atoms with van der Waals surface area (Å²) in [5.41, 5.74) is 2.53. The van der Waals surface area contributed by atoms with Gasteiger partial charge >= 0.3 is 0 Å². The molecule has 1 aliphatic heterocycles. The van der Waals surface area contributed by atoms with Crippen molar-refractivity contribution in [1.29, 1.82) is 0 Å². The second kappa shape index (κ2) is 7.05. The van der Waals surface area contributed by atoms with E-state index in [-0.39, 0.29) is 18.4 Å². The number of hydrogen-bond acceptors (Lipinski definition) is 3. The van der Waals surface area contributed by atoms with Gasteiger partial charge in [-0.1, -0.05) is 60.7 Å². The Balaban J connectivity index is 1.76. The molecule has 2 aromatic carbocycles. The van der Waals surface area contributed by atoms with Crippen molar-refractivity contribution in [1.82, 2.24) is 4.90 Å². The molecule has 0 aromatic heterocycles. The maximum atomic E-state index is 10.2. The average molecular weight is 297 g/mol. The first kappa shape index (κ1) is 15.2. The third-order valence-corrected chi connectivity index (χ3v) is 4.60. The van der Waals surface area contributed by atoms with Crippen molar-refractivity contribution < 1.29 is 10.2 Å². The van der Waals surface area contributed by atoms with Gasteiger partial charge in [0.1, 0.15) is 0 Å². The average Bonchev–Trinajstić information content (AvgIpc) is 3.00. The van der Waals surface area contributed by atoms with Gasteiger partial charge in [-0.3, -0.25) is 4.90 Å². The zero-order valence-corrected chi connectivity index (χ0v) is 12.7. The van der Waals surface area contributed by atoms with Crippen molar-refractivity contribution in [3.05, 3.63) is 71.8 Å². The summed E-state index contributed by atoms with van der Waals surface area (Å²) in [6, 6.07) is 20.7. The minimum absolute atomic E-state index is 0.0797. The third kappa shape index (κ3) is 3.38. The van der Waals surface area contributed by atoms with Gasteiger partial charge in [0.25, 0.3) is 0 Å². The van der Waals surface area contributed by atoms with Crippen LogP contribution in [0.4, 0.5) is 0 Å². The van der Waals surface area contributed by atoms with Crippen LogP contribution in [0.1, 0.15) is 17.0 Å². The predicted octanol–water partition coefficient (Wildman–Crippen LogP) is 2.26. The van der Waals surface area contributed by atoms with Crippen LogP contribution in [-0.2, 0) is 6.54 Å². The van der Waals surface area contributed by atoms with Crippen molar-refractivity contribution in [2.75, 3.05) is 19.7 Å². The normalized spacial score (nSPS) is 23.5. The first-order chi connectivity index (χ1) is 10.8. The molecular weight excluding hydrogens is 274 g/mol. The van der Waals surface area contributed by atoms with Gasteiger partial charge in [0.15, 0.2) is 0 Å². The Morgan fingerprint density at radius 1 is 0.955 bits per heavy atom. The Bertz CT molecular complexity index is 573. The van der Waals surface area contributed by atoms with Gasteiger partial charge < -0.3 is 10.2 Å². The fourth-order valence-corrected chi connectivity index (χ4v) is 3.46. The molecule has 1 aliphatic rings. The van der Waals surface area contributed by atoms with Gasteiger partial charge in [-0.25, -0.2) is 0 Å². The Hall–Kier alpha value is -1.68. The number of benzene rings is 2. The molecule has 116 valence electrons. The summed E-state index contributed by atoms with van der Waals surface area (Å²) in [6.45, 7) is 2.45. The first-order valence-electron chi connectivity index (χ1n) is 7.88. The molecule has 3 rings (SSSR count). The van der Waals surface area contributed by atoms with Crippen molar-refractivity contribution in [2.24, 2.45) is 5.92 Å². The van der Waals surface area contributed by atoms with E-state index in [2.05, 4.69) is 41.3 Å². The van der Waals surface area contributed by atoms with E-state index in [4.69, 9.17) is 0 Å². The highest BCUT2D eigenvalue weighted by Gasteiger charge is 2.37. The molecule has 0 amide bonds. The highest BCUT2D eigenvalue weighted by atomic mass is 16.3. The molecule has 2 aromatic rings. The van der Waals surface area contributed by atoms with E-state index in [0.717, 1.165) is 19.6 Å². The molecule has 3 nitrogen and oxygen atoms in total. The zero-order chi connectivity index (χ0) is 15.4. The lowest BCUT2D eigenvalue weighted by atomic mass is 9.85. The molecule has 0 spiro atoms.